The summed E-state index contributed by atoms with van der Waals surface area (Å²) in [5.74, 6) is -0.212. The fourth-order valence-electron chi connectivity index (χ4n) is 4.74. The topological polar surface area (TPSA) is 126 Å². The number of anilines is 1. The lowest BCUT2D eigenvalue weighted by atomic mass is 9.95. The SMILES string of the molecule is Cc1c(C(=O)NC2CCN(C)CC2)sc(N)c1C(N)=Nc1ccc(F)cc1OC1CCC[C@H](O)C1. The van der Waals surface area contributed by atoms with Gasteiger partial charge in [-0.05, 0) is 76.9 Å². The first-order chi connectivity index (χ1) is 16.7. The molecule has 1 aromatic heterocycles. The Hall–Kier alpha value is -2.69. The number of benzene rings is 1. The summed E-state index contributed by atoms with van der Waals surface area (Å²) in [7, 11) is 2.08. The third kappa shape index (κ3) is 6.12. The van der Waals surface area contributed by atoms with Crippen LogP contribution >= 0.6 is 11.3 Å². The number of carbonyl (C=O) groups is 1. The van der Waals surface area contributed by atoms with Gasteiger partial charge < -0.3 is 31.5 Å². The zero-order valence-electron chi connectivity index (χ0n) is 20.2. The van der Waals surface area contributed by atoms with Gasteiger partial charge in [-0.3, -0.25) is 4.79 Å². The van der Waals surface area contributed by atoms with Gasteiger partial charge in [0.2, 0.25) is 0 Å². The van der Waals surface area contributed by atoms with Crippen molar-refractivity contribution in [3.63, 3.8) is 0 Å². The molecule has 2 fully saturated rings. The molecule has 1 aromatic carbocycles. The molecule has 1 saturated heterocycles. The highest BCUT2D eigenvalue weighted by Gasteiger charge is 2.26. The number of piperidine rings is 1. The molecule has 1 amide bonds. The summed E-state index contributed by atoms with van der Waals surface area (Å²) in [6.07, 6.45) is 4.01. The number of aliphatic imine (C=N–C) groups is 1. The number of thiophene rings is 1. The summed E-state index contributed by atoms with van der Waals surface area (Å²) >= 11 is 1.19. The third-order valence-corrected chi connectivity index (χ3v) is 7.86. The van der Waals surface area contributed by atoms with Gasteiger partial charge in [-0.25, -0.2) is 9.38 Å². The fraction of sp³-hybridized carbons (Fsp3) is 0.520. The van der Waals surface area contributed by atoms with Gasteiger partial charge in [-0.15, -0.1) is 11.3 Å². The molecule has 1 aliphatic heterocycles. The zero-order valence-corrected chi connectivity index (χ0v) is 21.0. The Morgan fingerprint density at radius 3 is 2.74 bits per heavy atom. The highest BCUT2D eigenvalue weighted by Crippen LogP contribution is 2.35. The van der Waals surface area contributed by atoms with Crippen LogP contribution in [-0.4, -0.2) is 60.1 Å². The number of nitrogens with two attached hydrogens (primary N) is 2. The van der Waals surface area contributed by atoms with Crippen molar-refractivity contribution in [1.29, 1.82) is 0 Å². The summed E-state index contributed by atoms with van der Waals surface area (Å²) < 4.78 is 20.0. The number of halogens is 1. The van der Waals surface area contributed by atoms with Crippen LogP contribution in [0.1, 0.15) is 59.3 Å². The second-order valence-corrected chi connectivity index (χ2v) is 10.6. The van der Waals surface area contributed by atoms with Gasteiger partial charge in [-0.1, -0.05) is 0 Å². The summed E-state index contributed by atoms with van der Waals surface area (Å²) in [4.78, 5) is 20.2. The lowest BCUT2D eigenvalue weighted by Crippen LogP contribution is -2.43. The van der Waals surface area contributed by atoms with E-state index in [1.807, 2.05) is 0 Å². The number of hydrogen-bond acceptors (Lipinski definition) is 7. The van der Waals surface area contributed by atoms with Crippen molar-refractivity contribution in [3.05, 3.63) is 40.0 Å². The number of nitrogens with one attached hydrogen (secondary N) is 1. The molecule has 1 saturated carbocycles. The van der Waals surface area contributed by atoms with Gasteiger partial charge >= 0.3 is 0 Å². The van der Waals surface area contributed by atoms with E-state index in [0.717, 1.165) is 45.2 Å². The number of rotatable bonds is 6. The maximum atomic E-state index is 14.0. The predicted molar refractivity (Wildman–Crippen MR) is 137 cm³/mol. The minimum Gasteiger partial charge on any atom is -0.488 e. The van der Waals surface area contributed by atoms with E-state index in [9.17, 15) is 14.3 Å². The zero-order chi connectivity index (χ0) is 25.1. The second kappa shape index (κ2) is 10.9. The number of hydrogen-bond donors (Lipinski definition) is 4. The number of aliphatic hydroxyl groups is 1. The molecule has 2 heterocycles. The van der Waals surface area contributed by atoms with Gasteiger partial charge in [-0.2, -0.15) is 0 Å². The summed E-state index contributed by atoms with van der Waals surface area (Å²) in [5.41, 5.74) is 14.2. The molecule has 10 heteroatoms. The maximum absolute atomic E-state index is 14.0. The standard InChI is InChI=1S/C25H34FN5O3S/c1-14-21(24(28)35-22(14)25(33)29-16-8-10-31(2)11-9-16)23(27)30-19-7-6-15(26)12-20(19)34-18-5-3-4-17(32)13-18/h6-7,12,16-18,32H,3-5,8-11,13,28H2,1-2H3,(H2,27,30)(H,29,33)/t17-,18?/m0/s1. The van der Waals surface area contributed by atoms with E-state index in [1.165, 1.54) is 29.5 Å². The second-order valence-electron chi connectivity index (χ2n) is 9.52. The average molecular weight is 504 g/mol. The number of nitrogens with zero attached hydrogens (tertiary/aromatic N) is 2. The van der Waals surface area contributed by atoms with E-state index in [1.54, 1.807) is 6.92 Å². The van der Waals surface area contributed by atoms with Gasteiger partial charge in [0.1, 0.15) is 29.2 Å². The number of nitrogen functional groups attached to an aromatic ring is 1. The molecule has 8 nitrogen and oxygen atoms in total. The van der Waals surface area contributed by atoms with Crippen molar-refractivity contribution in [2.75, 3.05) is 25.9 Å². The quantitative estimate of drug-likeness (QED) is 0.354. The molecule has 190 valence electrons. The highest BCUT2D eigenvalue weighted by atomic mass is 32.1. The van der Waals surface area contributed by atoms with Crippen LogP contribution in [0.4, 0.5) is 15.1 Å². The first kappa shape index (κ1) is 25.4. The van der Waals surface area contributed by atoms with Crippen molar-refractivity contribution in [2.45, 2.75) is 63.7 Å². The minimum atomic E-state index is -0.451. The largest absolute Gasteiger partial charge is 0.488 e. The third-order valence-electron chi connectivity index (χ3n) is 6.74. The molecule has 2 aliphatic rings. The first-order valence-electron chi connectivity index (χ1n) is 12.1. The van der Waals surface area contributed by atoms with Crippen LogP contribution in [0.3, 0.4) is 0 Å². The van der Waals surface area contributed by atoms with E-state index in [2.05, 4.69) is 22.3 Å². The number of ether oxygens (including phenoxy) is 1. The molecule has 1 unspecified atom stereocenters. The number of carbonyl (C=O) groups excluding carboxylic acids is 1. The maximum Gasteiger partial charge on any atom is 0.261 e. The Balaban J connectivity index is 1.55. The van der Waals surface area contributed by atoms with Gasteiger partial charge in [0.15, 0.2) is 0 Å². The molecule has 0 bridgehead atoms. The summed E-state index contributed by atoms with van der Waals surface area (Å²) in [6, 6.07) is 4.20. The fourth-order valence-corrected chi connectivity index (χ4v) is 5.73. The van der Waals surface area contributed by atoms with Crippen molar-refractivity contribution < 1.29 is 19.0 Å². The summed E-state index contributed by atoms with van der Waals surface area (Å²) in [5, 5.41) is 13.5. The molecule has 4 rings (SSSR count). The Morgan fingerprint density at radius 1 is 1.29 bits per heavy atom. The van der Waals surface area contributed by atoms with Crippen LogP contribution in [0.5, 0.6) is 5.75 Å². The Labute approximate surface area is 209 Å². The molecule has 0 spiro atoms. The van der Waals surface area contributed by atoms with Gasteiger partial charge in [0.25, 0.3) is 5.91 Å². The average Bonchev–Trinajstić information content (AvgIpc) is 3.11. The molecule has 1 aliphatic carbocycles. The minimum absolute atomic E-state index is 0.133. The lowest BCUT2D eigenvalue weighted by molar-refractivity contribution is 0.0538. The molecule has 2 aromatic rings. The van der Waals surface area contributed by atoms with Crippen molar-refractivity contribution in [2.24, 2.45) is 10.7 Å². The normalized spacial score (nSPS) is 22.2. The highest BCUT2D eigenvalue weighted by molar-refractivity contribution is 7.18. The van der Waals surface area contributed by atoms with E-state index in [-0.39, 0.29) is 29.6 Å². The Morgan fingerprint density at radius 2 is 2.03 bits per heavy atom. The smallest absolute Gasteiger partial charge is 0.261 e. The Bertz CT molecular complexity index is 1100. The van der Waals surface area contributed by atoms with Crippen LogP contribution < -0.4 is 21.5 Å². The molecule has 35 heavy (non-hydrogen) atoms. The number of amides is 1. The number of aliphatic hydroxyl groups excluding tert-OH is 1. The summed E-state index contributed by atoms with van der Waals surface area (Å²) in [6.45, 7) is 3.70. The molecule has 6 N–H and O–H groups in total. The van der Waals surface area contributed by atoms with Crippen LogP contribution in [0, 0.1) is 12.7 Å². The van der Waals surface area contributed by atoms with Gasteiger partial charge in [0.05, 0.1) is 21.5 Å². The lowest BCUT2D eigenvalue weighted by Gasteiger charge is -2.29. The van der Waals surface area contributed by atoms with Crippen molar-refractivity contribution >= 4 is 33.8 Å². The predicted octanol–water partition coefficient (Wildman–Crippen LogP) is 3.32. The molecule has 2 atom stereocenters. The number of amidine groups is 1. The van der Waals surface area contributed by atoms with Gasteiger partial charge in [0, 0.05) is 18.5 Å². The van der Waals surface area contributed by atoms with Crippen LogP contribution in [-0.2, 0) is 0 Å². The molecular weight excluding hydrogens is 469 g/mol. The van der Waals surface area contributed by atoms with E-state index in [4.69, 9.17) is 16.2 Å². The van der Waals surface area contributed by atoms with E-state index >= 15 is 0 Å². The molecular formula is C25H34FN5O3S. The molecule has 0 radical (unpaired) electrons. The van der Waals surface area contributed by atoms with E-state index < -0.39 is 11.9 Å². The Kier molecular flexibility index (Phi) is 7.93. The monoisotopic (exact) mass is 503 g/mol. The number of likely N-dealkylation sites (tertiary alicyclic amines) is 1. The van der Waals surface area contributed by atoms with Crippen LogP contribution in [0.15, 0.2) is 23.2 Å². The first-order valence-corrected chi connectivity index (χ1v) is 12.9. The van der Waals surface area contributed by atoms with Crippen LogP contribution in [0.25, 0.3) is 0 Å². The van der Waals surface area contributed by atoms with Crippen molar-refractivity contribution in [1.82, 2.24) is 10.2 Å². The van der Waals surface area contributed by atoms with E-state index in [0.29, 0.717) is 33.1 Å². The van der Waals surface area contributed by atoms with Crippen molar-refractivity contribution in [3.8, 4) is 5.75 Å². The van der Waals surface area contributed by atoms with Crippen LogP contribution in [0.2, 0.25) is 0 Å².